The van der Waals surface area contributed by atoms with Crippen LogP contribution in [0, 0.1) is 0 Å². The largest absolute Gasteiger partial charge is 0.394 e. The minimum Gasteiger partial charge on any atom is -0.394 e. The second-order valence-electron chi connectivity index (χ2n) is 6.07. The molecule has 23 heavy (non-hydrogen) atoms. The highest BCUT2D eigenvalue weighted by atomic mass is 16.6. The van der Waals surface area contributed by atoms with Gasteiger partial charge in [0.2, 0.25) is 5.91 Å². The molecule has 7 nitrogen and oxygen atoms in total. The van der Waals surface area contributed by atoms with Gasteiger partial charge in [0, 0.05) is 6.08 Å². The first-order valence-electron chi connectivity index (χ1n) is 7.67. The molecule has 1 aliphatic heterocycles. The van der Waals surface area contributed by atoms with Gasteiger partial charge in [-0.1, -0.05) is 17.2 Å². The Labute approximate surface area is 136 Å². The summed E-state index contributed by atoms with van der Waals surface area (Å²) < 4.78 is 5.21. The molecule has 0 bridgehead atoms. The summed E-state index contributed by atoms with van der Waals surface area (Å²) in [5.41, 5.74) is 2.08. The molecule has 1 fully saturated rings. The third-order valence-corrected chi connectivity index (χ3v) is 3.65. The fraction of sp³-hybridized carbons (Fsp3) is 0.688. The second-order valence-corrected chi connectivity index (χ2v) is 6.07. The van der Waals surface area contributed by atoms with Gasteiger partial charge >= 0.3 is 0 Å². The molecule has 7 heteroatoms. The Morgan fingerprint density at radius 3 is 2.35 bits per heavy atom. The maximum absolute atomic E-state index is 11.9. The van der Waals surface area contributed by atoms with Crippen LogP contribution in [0.15, 0.2) is 23.3 Å². The molecule has 0 aromatic rings. The molecule has 0 spiro atoms. The highest BCUT2D eigenvalue weighted by molar-refractivity contribution is 5.88. The molecule has 0 aliphatic carbocycles. The lowest BCUT2D eigenvalue weighted by Gasteiger charge is -2.39. The predicted molar refractivity (Wildman–Crippen MR) is 84.3 cm³/mol. The molecule has 1 amide bonds. The number of hydrogen-bond acceptors (Lipinski definition) is 6. The first kappa shape index (κ1) is 19.8. The maximum Gasteiger partial charge on any atom is 0.245 e. The zero-order chi connectivity index (χ0) is 17.6. The molecule has 1 aliphatic rings. The van der Waals surface area contributed by atoms with E-state index in [1.54, 1.807) is 0 Å². The number of nitrogens with one attached hydrogen (secondary N) is 1. The van der Waals surface area contributed by atoms with E-state index >= 15 is 0 Å². The second kappa shape index (κ2) is 9.14. The summed E-state index contributed by atoms with van der Waals surface area (Å²) in [7, 11) is 0. The van der Waals surface area contributed by atoms with Crippen LogP contribution >= 0.6 is 0 Å². The summed E-state index contributed by atoms with van der Waals surface area (Å²) in [6.07, 6.45) is -1.62. The van der Waals surface area contributed by atoms with Gasteiger partial charge in [0.1, 0.15) is 24.4 Å². The van der Waals surface area contributed by atoms with Crippen molar-refractivity contribution in [2.45, 2.75) is 64.3 Å². The molecule has 5 N–H and O–H groups in total. The van der Waals surface area contributed by atoms with Crippen LogP contribution in [0.25, 0.3) is 0 Å². The Hall–Kier alpha value is -1.25. The molecule has 1 unspecified atom stereocenters. The molecular formula is C16H27NO6. The van der Waals surface area contributed by atoms with E-state index in [1.165, 1.54) is 11.6 Å². The average Bonchev–Trinajstić information content (AvgIpc) is 2.47. The smallest absolute Gasteiger partial charge is 0.245 e. The zero-order valence-electron chi connectivity index (χ0n) is 13.8. The van der Waals surface area contributed by atoms with Gasteiger partial charge in [0.05, 0.1) is 6.61 Å². The first-order valence-corrected chi connectivity index (χ1v) is 7.67. The molecule has 1 saturated heterocycles. The fourth-order valence-electron chi connectivity index (χ4n) is 2.29. The summed E-state index contributed by atoms with van der Waals surface area (Å²) in [6.45, 7) is 5.30. The number of amides is 1. The van der Waals surface area contributed by atoms with Crippen LogP contribution in [0.2, 0.25) is 0 Å². The quantitative estimate of drug-likeness (QED) is 0.334. The Morgan fingerprint density at radius 2 is 1.78 bits per heavy atom. The Balaban J connectivity index is 2.60. The van der Waals surface area contributed by atoms with Crippen molar-refractivity contribution >= 4 is 5.91 Å². The van der Waals surface area contributed by atoms with Gasteiger partial charge in [-0.3, -0.25) is 4.79 Å². The molecule has 0 radical (unpaired) electrons. The summed E-state index contributed by atoms with van der Waals surface area (Å²) >= 11 is 0. The zero-order valence-corrected chi connectivity index (χ0v) is 13.8. The molecule has 5 atom stereocenters. The van der Waals surface area contributed by atoms with Gasteiger partial charge in [0.25, 0.3) is 0 Å². The summed E-state index contributed by atoms with van der Waals surface area (Å²) in [5, 5.41) is 40.7. The summed E-state index contributed by atoms with van der Waals surface area (Å²) in [4.78, 5) is 11.9. The van der Waals surface area contributed by atoms with Crippen LogP contribution < -0.4 is 5.32 Å². The highest BCUT2D eigenvalue weighted by Gasteiger charge is 2.43. The highest BCUT2D eigenvalue weighted by Crippen LogP contribution is 2.19. The number of ether oxygens (including phenoxy) is 1. The first-order chi connectivity index (χ1) is 10.8. The Bertz CT molecular complexity index is 455. The van der Waals surface area contributed by atoms with Gasteiger partial charge < -0.3 is 30.5 Å². The van der Waals surface area contributed by atoms with E-state index < -0.39 is 43.2 Å². The van der Waals surface area contributed by atoms with E-state index in [1.807, 2.05) is 20.8 Å². The number of aliphatic hydroxyl groups is 4. The van der Waals surface area contributed by atoms with E-state index in [0.29, 0.717) is 0 Å². The molecule has 0 aromatic carbocycles. The van der Waals surface area contributed by atoms with E-state index in [2.05, 4.69) is 11.4 Å². The fourth-order valence-corrected chi connectivity index (χ4v) is 2.29. The molecule has 132 valence electrons. The van der Waals surface area contributed by atoms with Gasteiger partial charge in [-0.25, -0.2) is 0 Å². The summed E-state index contributed by atoms with van der Waals surface area (Å²) in [6, 6.07) is 0. The number of carbonyl (C=O) groups is 1. The third kappa shape index (κ3) is 6.04. The molecule has 1 heterocycles. The summed E-state index contributed by atoms with van der Waals surface area (Å²) in [5.74, 6) is -0.468. The van der Waals surface area contributed by atoms with Crippen molar-refractivity contribution in [3.63, 3.8) is 0 Å². The number of rotatable bonds is 6. The Kier molecular flexibility index (Phi) is 7.87. The number of carbonyl (C=O) groups excluding carboxylic acids is 1. The Morgan fingerprint density at radius 1 is 1.13 bits per heavy atom. The van der Waals surface area contributed by atoms with Gasteiger partial charge in [-0.2, -0.15) is 0 Å². The lowest BCUT2D eigenvalue weighted by Crippen LogP contribution is -2.63. The minimum absolute atomic E-state index is 0.468. The van der Waals surface area contributed by atoms with Crippen molar-refractivity contribution < 1.29 is 30.0 Å². The molecule has 0 saturated carbocycles. The predicted octanol–water partition coefficient (Wildman–Crippen LogP) is -0.405. The van der Waals surface area contributed by atoms with Crippen molar-refractivity contribution in [2.75, 3.05) is 6.61 Å². The van der Waals surface area contributed by atoms with Crippen molar-refractivity contribution in [2.24, 2.45) is 0 Å². The van der Waals surface area contributed by atoms with Crippen LogP contribution in [0.1, 0.15) is 33.6 Å². The van der Waals surface area contributed by atoms with E-state index in [9.17, 15) is 20.1 Å². The molecule has 0 aromatic heterocycles. The average molecular weight is 329 g/mol. The standard InChI is InChI=1S/C16H27NO6/c1-9(2)5-4-6-10(3)7-12(19)17-16-15(22)14(21)13(20)11(8-18)23-16/h5,7,11,13-16,18,20-22H,4,6,8H2,1-3H3,(H,17,19)/t11-,13-,14+,15-,16?/m1/s1. The lowest BCUT2D eigenvalue weighted by atomic mass is 9.98. The van der Waals surface area contributed by atoms with Crippen molar-refractivity contribution in [3.8, 4) is 0 Å². The molecule has 1 rings (SSSR count). The number of aliphatic hydroxyl groups excluding tert-OH is 4. The SMILES string of the molecule is CC(C)=CCCC(C)=CC(=O)NC1O[C@H](CO)[C@@H](O)[C@H](O)[C@H]1O. The van der Waals surface area contributed by atoms with E-state index in [0.717, 1.165) is 18.4 Å². The van der Waals surface area contributed by atoms with E-state index in [-0.39, 0.29) is 0 Å². The van der Waals surface area contributed by atoms with Crippen LogP contribution in [-0.2, 0) is 9.53 Å². The molecular weight excluding hydrogens is 302 g/mol. The van der Waals surface area contributed by atoms with Crippen LogP contribution in [-0.4, -0.2) is 63.6 Å². The van der Waals surface area contributed by atoms with Gasteiger partial charge in [-0.05, 0) is 33.6 Å². The van der Waals surface area contributed by atoms with E-state index in [4.69, 9.17) is 9.84 Å². The van der Waals surface area contributed by atoms with Crippen molar-refractivity contribution in [1.82, 2.24) is 5.32 Å². The van der Waals surface area contributed by atoms with Gasteiger partial charge in [-0.15, -0.1) is 0 Å². The maximum atomic E-state index is 11.9. The topological polar surface area (TPSA) is 119 Å². The van der Waals surface area contributed by atoms with Crippen LogP contribution in [0.5, 0.6) is 0 Å². The van der Waals surface area contributed by atoms with Gasteiger partial charge in [0.15, 0.2) is 6.23 Å². The normalized spacial score (nSPS) is 31.6. The van der Waals surface area contributed by atoms with Crippen molar-refractivity contribution in [3.05, 3.63) is 23.3 Å². The van der Waals surface area contributed by atoms with Crippen LogP contribution in [0.3, 0.4) is 0 Å². The van der Waals surface area contributed by atoms with Crippen molar-refractivity contribution in [1.29, 1.82) is 0 Å². The van der Waals surface area contributed by atoms with Crippen LogP contribution in [0.4, 0.5) is 0 Å². The minimum atomic E-state index is -1.51. The third-order valence-electron chi connectivity index (χ3n) is 3.65. The lowest BCUT2D eigenvalue weighted by molar-refractivity contribution is -0.235. The monoisotopic (exact) mass is 329 g/mol. The number of hydrogen-bond donors (Lipinski definition) is 5. The number of allylic oxidation sites excluding steroid dienone is 3.